The van der Waals surface area contributed by atoms with Crippen molar-refractivity contribution in [2.24, 2.45) is 5.73 Å². The van der Waals surface area contributed by atoms with E-state index in [1.807, 2.05) is 30.3 Å². The maximum atomic E-state index is 14.3. The molecule has 1 unspecified atom stereocenters. The maximum absolute atomic E-state index is 14.3. The fraction of sp³-hybridized carbons (Fsp3) is 0.240. The fourth-order valence-corrected chi connectivity index (χ4v) is 3.62. The predicted octanol–water partition coefficient (Wildman–Crippen LogP) is 3.96. The Balaban J connectivity index is 1.73. The van der Waals surface area contributed by atoms with Gasteiger partial charge in [0.15, 0.2) is 11.5 Å². The molecule has 6 nitrogen and oxygen atoms in total. The van der Waals surface area contributed by atoms with Crippen LogP contribution in [0.3, 0.4) is 0 Å². The molecule has 32 heavy (non-hydrogen) atoms. The van der Waals surface area contributed by atoms with Crippen LogP contribution in [0, 0.1) is 5.82 Å². The lowest BCUT2D eigenvalue weighted by atomic mass is 9.98. The van der Waals surface area contributed by atoms with Gasteiger partial charge in [0, 0.05) is 5.56 Å². The summed E-state index contributed by atoms with van der Waals surface area (Å²) in [4.78, 5) is 11.8. The number of amides is 1. The van der Waals surface area contributed by atoms with Crippen LogP contribution in [0.2, 0.25) is 0 Å². The molecule has 3 aromatic carbocycles. The number of hydrogen-bond donors (Lipinski definition) is 3. The van der Waals surface area contributed by atoms with Crippen LogP contribution in [-0.2, 0) is 11.2 Å². The molecule has 3 aromatic rings. The van der Waals surface area contributed by atoms with Crippen LogP contribution in [0.1, 0.15) is 23.6 Å². The van der Waals surface area contributed by atoms with Crippen molar-refractivity contribution in [3.8, 4) is 28.4 Å². The molecule has 0 fully saturated rings. The zero-order valence-corrected chi connectivity index (χ0v) is 18.1. The quantitative estimate of drug-likeness (QED) is 0.417. The fourth-order valence-electron chi connectivity index (χ4n) is 3.62. The van der Waals surface area contributed by atoms with Gasteiger partial charge in [-0.3, -0.25) is 4.79 Å². The lowest BCUT2D eigenvalue weighted by Crippen LogP contribution is -2.34. The number of rotatable bonds is 10. The first kappa shape index (κ1) is 23.1. The number of aryl methyl sites for hydroxylation is 1. The third-order valence-corrected chi connectivity index (χ3v) is 5.24. The second kappa shape index (κ2) is 10.6. The Hall–Kier alpha value is -3.58. The van der Waals surface area contributed by atoms with Crippen molar-refractivity contribution >= 4 is 5.91 Å². The number of nitrogens with one attached hydrogen (secondary N) is 1. The van der Waals surface area contributed by atoms with Crippen molar-refractivity contribution in [2.45, 2.75) is 18.9 Å². The first-order chi connectivity index (χ1) is 15.4. The SMILES string of the molecule is COc1ccc(-c2cc(F)cc(CCCNC(C(N)=O)c3ccccc3)c2O)cc1OC. The molecule has 168 valence electrons. The van der Waals surface area contributed by atoms with Crippen LogP contribution in [0.5, 0.6) is 17.2 Å². The van der Waals surface area contributed by atoms with Gasteiger partial charge in [-0.15, -0.1) is 0 Å². The molecular formula is C25H27FN2O4. The van der Waals surface area contributed by atoms with E-state index in [4.69, 9.17) is 15.2 Å². The smallest absolute Gasteiger partial charge is 0.239 e. The maximum Gasteiger partial charge on any atom is 0.239 e. The summed E-state index contributed by atoms with van der Waals surface area (Å²) in [5, 5.41) is 13.9. The van der Waals surface area contributed by atoms with E-state index in [-0.39, 0.29) is 5.75 Å². The van der Waals surface area contributed by atoms with E-state index in [1.165, 1.54) is 26.4 Å². The molecular weight excluding hydrogens is 411 g/mol. The molecule has 0 aliphatic carbocycles. The Labute approximate surface area is 186 Å². The average Bonchev–Trinajstić information content (AvgIpc) is 2.80. The van der Waals surface area contributed by atoms with Crippen molar-refractivity contribution in [1.29, 1.82) is 0 Å². The molecule has 3 rings (SSSR count). The van der Waals surface area contributed by atoms with Crippen molar-refractivity contribution < 1.29 is 23.8 Å². The van der Waals surface area contributed by atoms with E-state index in [9.17, 15) is 14.3 Å². The van der Waals surface area contributed by atoms with E-state index in [2.05, 4.69) is 5.32 Å². The van der Waals surface area contributed by atoms with Gasteiger partial charge in [0.25, 0.3) is 0 Å². The normalized spacial score (nSPS) is 11.7. The number of carbonyl (C=O) groups is 1. The molecule has 0 bridgehead atoms. The predicted molar refractivity (Wildman–Crippen MR) is 121 cm³/mol. The van der Waals surface area contributed by atoms with E-state index in [1.54, 1.807) is 18.2 Å². The molecule has 0 aliphatic rings. The summed E-state index contributed by atoms with van der Waals surface area (Å²) in [5.74, 6) is 0.113. The van der Waals surface area contributed by atoms with Gasteiger partial charge in [-0.05, 0) is 60.3 Å². The second-order valence-electron chi connectivity index (χ2n) is 7.33. The van der Waals surface area contributed by atoms with Crippen LogP contribution in [0.25, 0.3) is 11.1 Å². The first-order valence-electron chi connectivity index (χ1n) is 10.3. The first-order valence-corrected chi connectivity index (χ1v) is 10.3. The Morgan fingerprint density at radius 2 is 1.78 bits per heavy atom. The van der Waals surface area contributed by atoms with Crippen LogP contribution in [-0.4, -0.2) is 31.8 Å². The third kappa shape index (κ3) is 5.36. The Bertz CT molecular complexity index is 1070. The molecule has 0 aromatic heterocycles. The Kier molecular flexibility index (Phi) is 7.68. The van der Waals surface area contributed by atoms with Crippen LogP contribution >= 0.6 is 0 Å². The highest BCUT2D eigenvalue weighted by atomic mass is 19.1. The largest absolute Gasteiger partial charge is 0.507 e. The van der Waals surface area contributed by atoms with Gasteiger partial charge in [-0.1, -0.05) is 36.4 Å². The van der Waals surface area contributed by atoms with E-state index < -0.39 is 17.8 Å². The minimum absolute atomic E-state index is 0.00753. The summed E-state index contributed by atoms with van der Waals surface area (Å²) in [6.07, 6.45) is 0.982. The zero-order valence-electron chi connectivity index (χ0n) is 18.1. The minimum Gasteiger partial charge on any atom is -0.507 e. The van der Waals surface area contributed by atoms with Crippen LogP contribution < -0.4 is 20.5 Å². The molecule has 0 saturated carbocycles. The summed E-state index contributed by atoms with van der Waals surface area (Å²) >= 11 is 0. The molecule has 7 heteroatoms. The highest BCUT2D eigenvalue weighted by molar-refractivity contribution is 5.81. The number of phenolic OH excluding ortho intramolecular Hbond substituents is 1. The van der Waals surface area contributed by atoms with Gasteiger partial charge in [-0.2, -0.15) is 0 Å². The van der Waals surface area contributed by atoms with Gasteiger partial charge >= 0.3 is 0 Å². The van der Waals surface area contributed by atoms with E-state index in [0.29, 0.717) is 47.6 Å². The number of nitrogens with two attached hydrogens (primary N) is 1. The number of primary amides is 1. The van der Waals surface area contributed by atoms with Gasteiger partial charge in [0.05, 0.1) is 14.2 Å². The van der Waals surface area contributed by atoms with E-state index in [0.717, 1.165) is 5.56 Å². The zero-order chi connectivity index (χ0) is 23.1. The Morgan fingerprint density at radius 1 is 1.06 bits per heavy atom. The van der Waals surface area contributed by atoms with Gasteiger partial charge in [0.1, 0.15) is 17.6 Å². The monoisotopic (exact) mass is 438 g/mol. The topological polar surface area (TPSA) is 93.8 Å². The van der Waals surface area contributed by atoms with Gasteiger partial charge < -0.3 is 25.6 Å². The summed E-state index contributed by atoms with van der Waals surface area (Å²) in [6, 6.07) is 16.3. The lowest BCUT2D eigenvalue weighted by molar-refractivity contribution is -0.120. The average molecular weight is 438 g/mol. The summed E-state index contributed by atoms with van der Waals surface area (Å²) in [6.45, 7) is 0.462. The van der Waals surface area contributed by atoms with Crippen LogP contribution in [0.4, 0.5) is 4.39 Å². The van der Waals surface area contributed by atoms with Crippen LogP contribution in [0.15, 0.2) is 60.7 Å². The number of benzene rings is 3. The van der Waals surface area contributed by atoms with Gasteiger partial charge in [0.2, 0.25) is 5.91 Å². The molecule has 1 atom stereocenters. The second-order valence-corrected chi connectivity index (χ2v) is 7.33. The molecule has 0 saturated heterocycles. The number of phenols is 1. The third-order valence-electron chi connectivity index (χ3n) is 5.24. The Morgan fingerprint density at radius 3 is 2.44 bits per heavy atom. The number of ether oxygens (including phenoxy) is 2. The molecule has 4 N–H and O–H groups in total. The van der Waals surface area contributed by atoms with Crippen molar-refractivity contribution in [1.82, 2.24) is 5.32 Å². The molecule has 0 radical (unpaired) electrons. The summed E-state index contributed by atoms with van der Waals surface area (Å²) in [7, 11) is 3.05. The number of aromatic hydroxyl groups is 1. The molecule has 0 heterocycles. The van der Waals surface area contributed by atoms with Crippen molar-refractivity contribution in [3.05, 3.63) is 77.6 Å². The van der Waals surface area contributed by atoms with Crippen molar-refractivity contribution in [2.75, 3.05) is 20.8 Å². The lowest BCUT2D eigenvalue weighted by Gasteiger charge is -2.16. The standard InChI is InChI=1S/C25H27FN2O4/c1-31-21-11-10-17(14-22(21)32-2)20-15-19(26)13-18(24(20)29)9-6-12-28-23(25(27)30)16-7-4-3-5-8-16/h3-5,7-8,10-11,13-15,23,28-29H,6,9,12H2,1-2H3,(H2,27,30). The van der Waals surface area contributed by atoms with Crippen molar-refractivity contribution in [3.63, 3.8) is 0 Å². The number of carbonyl (C=O) groups excluding carboxylic acids is 1. The summed E-state index contributed by atoms with van der Waals surface area (Å²) in [5.41, 5.74) is 7.76. The highest BCUT2D eigenvalue weighted by Gasteiger charge is 2.17. The van der Waals surface area contributed by atoms with E-state index >= 15 is 0 Å². The highest BCUT2D eigenvalue weighted by Crippen LogP contribution is 2.38. The number of hydrogen-bond acceptors (Lipinski definition) is 5. The molecule has 0 spiro atoms. The van der Waals surface area contributed by atoms with Gasteiger partial charge in [-0.25, -0.2) is 4.39 Å². The molecule has 1 amide bonds. The summed E-state index contributed by atoms with van der Waals surface area (Å²) < 4.78 is 24.9. The number of halogens is 1. The molecule has 0 aliphatic heterocycles. The minimum atomic E-state index is -0.611. The number of methoxy groups -OCH3 is 2.